The van der Waals surface area contributed by atoms with Crippen molar-refractivity contribution in [3.05, 3.63) is 59.7 Å². The number of benzene rings is 2. The summed E-state index contributed by atoms with van der Waals surface area (Å²) in [6.45, 7) is 6.20. The van der Waals surface area contributed by atoms with Crippen molar-refractivity contribution >= 4 is 41.4 Å². The second-order valence-electron chi connectivity index (χ2n) is 18.6. The van der Waals surface area contributed by atoms with Gasteiger partial charge in [0.1, 0.15) is 47.8 Å². The van der Waals surface area contributed by atoms with Crippen LogP contribution in [-0.2, 0) is 35.2 Å². The maximum Gasteiger partial charge on any atom is 0.251 e. The molecule has 0 radical (unpaired) electrons. The number of hydrogen-bond acceptors (Lipinski definition) is 13. The van der Waals surface area contributed by atoms with Gasteiger partial charge in [-0.05, 0) is 87.9 Å². The summed E-state index contributed by atoms with van der Waals surface area (Å²) in [5.41, 5.74) is 0.848. The number of aliphatic hydroxyl groups is 4. The number of hydrogen-bond donors (Lipinski definition) is 10. The molecule has 0 spiro atoms. The first-order chi connectivity index (χ1) is 32.9. The van der Waals surface area contributed by atoms with Crippen molar-refractivity contribution in [3.8, 4) is 11.5 Å². The van der Waals surface area contributed by atoms with Gasteiger partial charge in [0.25, 0.3) is 5.91 Å². The third kappa shape index (κ3) is 14.8. The van der Waals surface area contributed by atoms with Crippen LogP contribution in [0.25, 0.3) is 0 Å². The second-order valence-corrected chi connectivity index (χ2v) is 18.6. The summed E-state index contributed by atoms with van der Waals surface area (Å²) in [5, 5.41) is 66.8. The Morgan fingerprint density at radius 2 is 1.41 bits per heavy atom. The van der Waals surface area contributed by atoms with E-state index in [0.717, 1.165) is 35.5 Å². The number of aryl methyl sites for hydroxylation is 1. The van der Waals surface area contributed by atoms with Crippen molar-refractivity contribution < 1.29 is 63.8 Å². The Balaban J connectivity index is 1.43. The standard InChI is InChI=1S/C49H71N7O13/c1-5-6-7-8-9-10-24-69-35-20-16-32(17-21-35)43(62)51-36-12-11-23-50-47(66)41-42(61)28(2)26-56(41)49(68)40(30(4)58)54-45(64)37(22-15-31-13-18-33(59)19-14-31)52-46(65)38-25-34(60)27-55(38)48(67)39(29(3)57)53-44(36)63/h13-14,16-21,28-30,34,36-42,57-61H,5-12,15,22-27H2,1-4H3,(H,50,66)(H,51,62)(H,52,65)(H,53,63)(H,54,64)/t28-,29+,30+,34+,36-,37-,38-,39-,40-,41-,42-/m0/s1. The molecule has 3 fully saturated rings. The number of ether oxygens (including phenoxy) is 1. The normalized spacial score (nSPS) is 27.4. The summed E-state index contributed by atoms with van der Waals surface area (Å²) >= 11 is 0. The first kappa shape index (κ1) is 54.1. The lowest BCUT2D eigenvalue weighted by Crippen LogP contribution is -2.62. The molecule has 2 aromatic carbocycles. The van der Waals surface area contributed by atoms with Crippen LogP contribution in [0.4, 0.5) is 0 Å². The first-order valence-corrected chi connectivity index (χ1v) is 24.2. The molecule has 380 valence electrons. The average Bonchev–Trinajstić information content (AvgIpc) is 3.86. The quantitative estimate of drug-likeness (QED) is 0.107. The molecule has 0 aromatic heterocycles. The van der Waals surface area contributed by atoms with Crippen molar-refractivity contribution in [2.45, 2.75) is 159 Å². The Labute approximate surface area is 402 Å². The van der Waals surface area contributed by atoms with Gasteiger partial charge >= 0.3 is 0 Å². The number of nitrogens with one attached hydrogen (secondary N) is 5. The van der Waals surface area contributed by atoms with Gasteiger partial charge in [0.2, 0.25) is 35.4 Å². The highest BCUT2D eigenvalue weighted by molar-refractivity contribution is 6.00. The SMILES string of the molecule is CCCCCCCCOc1ccc(C(=O)N[C@H]2CCCNC(=O)[C@@H]3[C@@H](O)[C@@H](C)CN3C(=O)[C@H]([C@@H](C)O)NC(=O)[C@H](CCc3ccc(O)cc3)NC(=O)[C@@H]3C[C@@H](O)CN3C(=O)[C@H]([C@@H](C)O)NC2=O)cc1. The van der Waals surface area contributed by atoms with Gasteiger partial charge in [-0.3, -0.25) is 33.6 Å². The van der Waals surface area contributed by atoms with E-state index in [1.54, 1.807) is 31.2 Å². The molecule has 10 N–H and O–H groups in total. The summed E-state index contributed by atoms with van der Waals surface area (Å²) in [6.07, 6.45) is 0.671. The predicted molar refractivity (Wildman–Crippen MR) is 251 cm³/mol. The number of rotatable bonds is 15. The van der Waals surface area contributed by atoms with E-state index in [1.165, 1.54) is 51.0 Å². The van der Waals surface area contributed by atoms with Gasteiger partial charge in [-0.2, -0.15) is 0 Å². The number of fused-ring (bicyclic) bond motifs is 2. The van der Waals surface area contributed by atoms with Crippen LogP contribution in [0.1, 0.15) is 108 Å². The van der Waals surface area contributed by atoms with Crippen LogP contribution in [0.15, 0.2) is 48.5 Å². The maximum absolute atomic E-state index is 14.3. The van der Waals surface area contributed by atoms with Gasteiger partial charge in [0, 0.05) is 37.5 Å². The van der Waals surface area contributed by atoms with Crippen LogP contribution < -0.4 is 31.3 Å². The Kier molecular flexibility index (Phi) is 20.1. The van der Waals surface area contributed by atoms with Crippen LogP contribution in [0, 0.1) is 5.92 Å². The molecule has 20 nitrogen and oxygen atoms in total. The third-order valence-corrected chi connectivity index (χ3v) is 13.0. The van der Waals surface area contributed by atoms with Gasteiger partial charge in [0.05, 0.1) is 31.0 Å². The fourth-order valence-electron chi connectivity index (χ4n) is 8.92. The van der Waals surface area contributed by atoms with Crippen LogP contribution in [-0.4, -0.2) is 164 Å². The molecule has 0 unspecified atom stereocenters. The van der Waals surface area contributed by atoms with Gasteiger partial charge in [-0.25, -0.2) is 0 Å². The number of phenols is 1. The molecule has 3 aliphatic heterocycles. The van der Waals surface area contributed by atoms with E-state index >= 15 is 0 Å². The summed E-state index contributed by atoms with van der Waals surface area (Å²) in [7, 11) is 0. The number of phenolic OH excluding ortho intramolecular Hbond substituents is 1. The van der Waals surface area contributed by atoms with Crippen molar-refractivity contribution in [1.29, 1.82) is 0 Å². The van der Waals surface area contributed by atoms with E-state index < -0.39 is 108 Å². The third-order valence-electron chi connectivity index (χ3n) is 13.0. The number of amides is 7. The van der Waals surface area contributed by atoms with Crippen LogP contribution in [0.2, 0.25) is 0 Å². The lowest BCUT2D eigenvalue weighted by Gasteiger charge is -2.32. The summed E-state index contributed by atoms with van der Waals surface area (Å²) in [4.78, 5) is 101. The van der Waals surface area contributed by atoms with Crippen molar-refractivity contribution in [3.63, 3.8) is 0 Å². The number of aliphatic hydroxyl groups excluding tert-OH is 4. The minimum absolute atomic E-state index is 0.00309. The maximum atomic E-state index is 14.3. The Morgan fingerprint density at radius 1 is 0.783 bits per heavy atom. The fraction of sp³-hybridized carbons (Fsp3) is 0.612. The highest BCUT2D eigenvalue weighted by Crippen LogP contribution is 2.26. The molecule has 0 aliphatic carbocycles. The molecule has 3 heterocycles. The Hall–Kier alpha value is -5.83. The van der Waals surface area contributed by atoms with Crippen molar-refractivity contribution in [1.82, 2.24) is 36.4 Å². The molecule has 7 amide bonds. The molecular formula is C49H71N7O13. The molecule has 2 aromatic rings. The van der Waals surface area contributed by atoms with Gasteiger partial charge in [-0.1, -0.05) is 58.1 Å². The lowest BCUT2D eigenvalue weighted by atomic mass is 10.0. The smallest absolute Gasteiger partial charge is 0.251 e. The summed E-state index contributed by atoms with van der Waals surface area (Å²) in [6, 6.07) is 3.48. The number of nitrogens with zero attached hydrogens (tertiary/aromatic N) is 2. The largest absolute Gasteiger partial charge is 0.508 e. The van der Waals surface area contributed by atoms with Gasteiger partial charge < -0.3 is 66.7 Å². The van der Waals surface area contributed by atoms with Crippen LogP contribution >= 0.6 is 0 Å². The predicted octanol–water partition coefficient (Wildman–Crippen LogP) is 0.158. The lowest BCUT2D eigenvalue weighted by molar-refractivity contribution is -0.146. The Morgan fingerprint density at radius 3 is 2.06 bits per heavy atom. The van der Waals surface area contributed by atoms with E-state index in [9.17, 15) is 59.1 Å². The minimum atomic E-state index is -1.68. The number of aromatic hydroxyl groups is 1. The molecule has 20 heteroatoms. The fourth-order valence-corrected chi connectivity index (χ4v) is 8.92. The molecule has 69 heavy (non-hydrogen) atoms. The average molecular weight is 966 g/mol. The number of carbonyl (C=O) groups is 7. The van der Waals surface area contributed by atoms with E-state index in [4.69, 9.17) is 4.74 Å². The van der Waals surface area contributed by atoms with Crippen LogP contribution in [0.3, 0.4) is 0 Å². The molecule has 11 atom stereocenters. The van der Waals surface area contributed by atoms with E-state index in [1.807, 2.05) is 0 Å². The molecule has 3 aliphatic rings. The summed E-state index contributed by atoms with van der Waals surface area (Å²) in [5.74, 6) is -5.95. The summed E-state index contributed by atoms with van der Waals surface area (Å²) < 4.78 is 5.86. The topological polar surface area (TPSA) is 296 Å². The van der Waals surface area contributed by atoms with E-state index in [2.05, 4.69) is 33.5 Å². The molecular weight excluding hydrogens is 895 g/mol. The Bertz CT molecular complexity index is 2070. The highest BCUT2D eigenvalue weighted by Gasteiger charge is 2.48. The van der Waals surface area contributed by atoms with Crippen molar-refractivity contribution in [2.75, 3.05) is 26.2 Å². The number of unbranched alkanes of at least 4 members (excludes halogenated alkanes) is 5. The highest BCUT2D eigenvalue weighted by atomic mass is 16.5. The zero-order valence-corrected chi connectivity index (χ0v) is 40.0. The minimum Gasteiger partial charge on any atom is -0.508 e. The second kappa shape index (κ2) is 25.7. The molecule has 0 bridgehead atoms. The van der Waals surface area contributed by atoms with Crippen molar-refractivity contribution in [2.24, 2.45) is 5.92 Å². The van der Waals surface area contributed by atoms with E-state index in [0.29, 0.717) is 17.9 Å². The molecule has 5 rings (SSSR count). The van der Waals surface area contributed by atoms with Gasteiger partial charge in [-0.15, -0.1) is 0 Å². The monoisotopic (exact) mass is 966 g/mol. The van der Waals surface area contributed by atoms with Crippen LogP contribution in [0.5, 0.6) is 11.5 Å². The molecule has 3 saturated heterocycles. The van der Waals surface area contributed by atoms with Gasteiger partial charge in [0.15, 0.2) is 0 Å². The number of carbonyl (C=O) groups excluding carboxylic acids is 7. The zero-order chi connectivity index (χ0) is 50.4. The molecule has 0 saturated carbocycles. The van der Waals surface area contributed by atoms with E-state index in [-0.39, 0.29) is 63.1 Å². The zero-order valence-electron chi connectivity index (χ0n) is 40.0. The first-order valence-electron chi connectivity index (χ1n) is 24.2.